The van der Waals surface area contributed by atoms with Crippen LogP contribution >= 0.6 is 0 Å². The molecule has 3 amide bonds. The SMILES string of the molecule is Cc1ccc(NC(=O)C(=O)NCC2CCN(C(=O)c3cc4ccccc4o3)CC2)cc1F. The number of aryl methyl sites for hydroxylation is 1. The van der Waals surface area contributed by atoms with Crippen molar-refractivity contribution in [1.29, 1.82) is 0 Å². The second kappa shape index (κ2) is 9.21. The van der Waals surface area contributed by atoms with Gasteiger partial charge in [-0.1, -0.05) is 24.3 Å². The Labute approximate surface area is 184 Å². The normalized spacial score (nSPS) is 14.4. The van der Waals surface area contributed by atoms with E-state index in [9.17, 15) is 18.8 Å². The average Bonchev–Trinajstić information content (AvgIpc) is 3.24. The summed E-state index contributed by atoms with van der Waals surface area (Å²) >= 11 is 0. The zero-order valence-electron chi connectivity index (χ0n) is 17.7. The molecule has 0 unspecified atom stereocenters. The number of fused-ring (bicyclic) bond motifs is 1. The molecule has 1 aliphatic rings. The van der Waals surface area contributed by atoms with E-state index < -0.39 is 17.6 Å². The highest BCUT2D eigenvalue weighted by molar-refractivity contribution is 6.39. The van der Waals surface area contributed by atoms with Gasteiger partial charge in [0.2, 0.25) is 0 Å². The van der Waals surface area contributed by atoms with Gasteiger partial charge < -0.3 is 20.0 Å². The summed E-state index contributed by atoms with van der Waals surface area (Å²) in [7, 11) is 0. The molecule has 2 heterocycles. The summed E-state index contributed by atoms with van der Waals surface area (Å²) in [4.78, 5) is 38.6. The van der Waals surface area contributed by atoms with Crippen molar-refractivity contribution < 1.29 is 23.2 Å². The molecule has 0 spiro atoms. The van der Waals surface area contributed by atoms with Crippen molar-refractivity contribution in [3.63, 3.8) is 0 Å². The van der Waals surface area contributed by atoms with E-state index in [1.807, 2.05) is 24.3 Å². The first-order chi connectivity index (χ1) is 15.4. The number of rotatable bonds is 4. The Bertz CT molecular complexity index is 1130. The van der Waals surface area contributed by atoms with E-state index >= 15 is 0 Å². The Morgan fingerprint density at radius 2 is 1.81 bits per heavy atom. The summed E-state index contributed by atoms with van der Waals surface area (Å²) < 4.78 is 19.2. The van der Waals surface area contributed by atoms with Crippen molar-refractivity contribution in [3.8, 4) is 0 Å². The largest absolute Gasteiger partial charge is 0.451 e. The smallest absolute Gasteiger partial charge is 0.313 e. The second-order valence-electron chi connectivity index (χ2n) is 8.01. The Hall–Kier alpha value is -3.68. The third-order valence-electron chi connectivity index (χ3n) is 5.73. The van der Waals surface area contributed by atoms with Crippen LogP contribution in [0.4, 0.5) is 10.1 Å². The fourth-order valence-electron chi connectivity index (χ4n) is 3.76. The number of hydrogen-bond acceptors (Lipinski definition) is 4. The van der Waals surface area contributed by atoms with Crippen LogP contribution in [-0.4, -0.2) is 42.3 Å². The summed E-state index contributed by atoms with van der Waals surface area (Å²) in [6.45, 7) is 3.04. The van der Waals surface area contributed by atoms with Crippen LogP contribution in [-0.2, 0) is 9.59 Å². The van der Waals surface area contributed by atoms with E-state index in [-0.39, 0.29) is 17.5 Å². The highest BCUT2D eigenvalue weighted by atomic mass is 19.1. The highest BCUT2D eigenvalue weighted by Gasteiger charge is 2.26. The molecule has 1 aromatic heterocycles. The number of likely N-dealkylation sites (tertiary alicyclic amines) is 1. The van der Waals surface area contributed by atoms with Gasteiger partial charge in [-0.05, 0) is 55.5 Å². The molecule has 0 radical (unpaired) electrons. The van der Waals surface area contributed by atoms with Crippen molar-refractivity contribution >= 4 is 34.4 Å². The summed E-state index contributed by atoms with van der Waals surface area (Å²) in [5.41, 5.74) is 1.36. The molecule has 166 valence electrons. The number of para-hydroxylation sites is 1. The molecule has 2 N–H and O–H groups in total. The number of nitrogens with zero attached hydrogens (tertiary/aromatic N) is 1. The van der Waals surface area contributed by atoms with E-state index in [2.05, 4.69) is 10.6 Å². The molecule has 8 heteroatoms. The van der Waals surface area contributed by atoms with Crippen LogP contribution in [0.2, 0.25) is 0 Å². The van der Waals surface area contributed by atoms with Crippen molar-refractivity contribution in [1.82, 2.24) is 10.2 Å². The maximum atomic E-state index is 13.6. The molecular weight excluding hydrogens is 413 g/mol. The Morgan fingerprint density at radius 1 is 1.06 bits per heavy atom. The van der Waals surface area contributed by atoms with Crippen molar-refractivity contribution in [2.75, 3.05) is 25.0 Å². The van der Waals surface area contributed by atoms with Gasteiger partial charge in [0.15, 0.2) is 5.76 Å². The lowest BCUT2D eigenvalue weighted by Crippen LogP contribution is -2.43. The number of piperidine rings is 1. The van der Waals surface area contributed by atoms with Gasteiger partial charge in [-0.2, -0.15) is 0 Å². The third-order valence-corrected chi connectivity index (χ3v) is 5.73. The van der Waals surface area contributed by atoms with Gasteiger partial charge in [-0.3, -0.25) is 14.4 Å². The third kappa shape index (κ3) is 4.80. The lowest BCUT2D eigenvalue weighted by molar-refractivity contribution is -0.136. The van der Waals surface area contributed by atoms with E-state index in [4.69, 9.17) is 4.42 Å². The predicted molar refractivity (Wildman–Crippen MR) is 118 cm³/mol. The lowest BCUT2D eigenvalue weighted by Gasteiger charge is -2.31. The molecule has 1 aliphatic heterocycles. The number of carbonyl (C=O) groups excluding carboxylic acids is 3. The molecule has 1 fully saturated rings. The first-order valence-electron chi connectivity index (χ1n) is 10.5. The van der Waals surface area contributed by atoms with Gasteiger partial charge in [0, 0.05) is 30.7 Å². The number of hydrogen-bond donors (Lipinski definition) is 2. The summed E-state index contributed by atoms with van der Waals surface area (Å²) in [6.07, 6.45) is 1.41. The molecule has 0 aliphatic carbocycles. The molecule has 0 saturated carbocycles. The molecule has 7 nitrogen and oxygen atoms in total. The average molecular weight is 437 g/mol. The van der Waals surface area contributed by atoms with E-state index in [0.717, 1.165) is 5.39 Å². The fourth-order valence-corrected chi connectivity index (χ4v) is 3.76. The van der Waals surface area contributed by atoms with Crippen molar-refractivity contribution in [2.24, 2.45) is 5.92 Å². The van der Waals surface area contributed by atoms with E-state index in [0.29, 0.717) is 49.4 Å². The van der Waals surface area contributed by atoms with Crippen LogP contribution in [0.3, 0.4) is 0 Å². The van der Waals surface area contributed by atoms with Crippen LogP contribution < -0.4 is 10.6 Å². The van der Waals surface area contributed by atoms with Crippen molar-refractivity contribution in [2.45, 2.75) is 19.8 Å². The minimum absolute atomic E-state index is 0.145. The van der Waals surface area contributed by atoms with Crippen LogP contribution in [0.25, 0.3) is 11.0 Å². The molecule has 0 atom stereocenters. The Kier molecular flexibility index (Phi) is 6.20. The van der Waals surface area contributed by atoms with Gasteiger partial charge in [-0.25, -0.2) is 4.39 Å². The summed E-state index contributed by atoms with van der Waals surface area (Å²) in [6, 6.07) is 13.5. The standard InChI is InChI=1S/C24H24FN3O4/c1-15-6-7-18(13-19(15)25)27-23(30)22(29)26-14-16-8-10-28(11-9-16)24(31)21-12-17-4-2-3-5-20(17)32-21/h2-7,12-13,16H,8-11,14H2,1H3,(H,26,29)(H,27,30). The van der Waals surface area contributed by atoms with Crippen LogP contribution in [0, 0.1) is 18.7 Å². The van der Waals surface area contributed by atoms with Gasteiger partial charge in [0.1, 0.15) is 11.4 Å². The van der Waals surface area contributed by atoms with Gasteiger partial charge in [0.05, 0.1) is 0 Å². The van der Waals surface area contributed by atoms with E-state index in [1.54, 1.807) is 24.0 Å². The van der Waals surface area contributed by atoms with Crippen LogP contribution in [0.1, 0.15) is 29.0 Å². The predicted octanol–water partition coefficient (Wildman–Crippen LogP) is 3.49. The van der Waals surface area contributed by atoms with Crippen LogP contribution in [0.15, 0.2) is 52.9 Å². The molecular formula is C24H24FN3O4. The van der Waals surface area contributed by atoms with Crippen molar-refractivity contribution in [3.05, 3.63) is 65.7 Å². The first-order valence-corrected chi connectivity index (χ1v) is 10.5. The second-order valence-corrected chi connectivity index (χ2v) is 8.01. The fraction of sp³-hybridized carbons (Fsp3) is 0.292. The highest BCUT2D eigenvalue weighted by Crippen LogP contribution is 2.23. The molecule has 32 heavy (non-hydrogen) atoms. The van der Waals surface area contributed by atoms with Gasteiger partial charge >= 0.3 is 11.8 Å². The first kappa shape index (κ1) is 21.5. The van der Waals surface area contributed by atoms with Gasteiger partial charge in [-0.15, -0.1) is 0 Å². The monoisotopic (exact) mass is 437 g/mol. The quantitative estimate of drug-likeness (QED) is 0.612. The topological polar surface area (TPSA) is 91.7 Å². The molecule has 2 aromatic carbocycles. The molecule has 3 aromatic rings. The lowest BCUT2D eigenvalue weighted by atomic mass is 9.96. The number of benzene rings is 2. The Morgan fingerprint density at radius 3 is 2.53 bits per heavy atom. The zero-order chi connectivity index (χ0) is 22.7. The summed E-state index contributed by atoms with van der Waals surface area (Å²) in [5.74, 6) is -1.73. The maximum Gasteiger partial charge on any atom is 0.313 e. The number of amides is 3. The minimum atomic E-state index is -0.842. The minimum Gasteiger partial charge on any atom is -0.451 e. The number of halogens is 1. The van der Waals surface area contributed by atoms with E-state index in [1.165, 1.54) is 12.1 Å². The Balaban J connectivity index is 1.23. The number of anilines is 1. The number of nitrogens with one attached hydrogen (secondary N) is 2. The van der Waals surface area contributed by atoms with Crippen LogP contribution in [0.5, 0.6) is 0 Å². The molecule has 4 rings (SSSR count). The molecule has 1 saturated heterocycles. The molecule has 0 bridgehead atoms. The zero-order valence-corrected chi connectivity index (χ0v) is 17.7. The van der Waals surface area contributed by atoms with Gasteiger partial charge in [0.25, 0.3) is 5.91 Å². The number of carbonyl (C=O) groups is 3. The summed E-state index contributed by atoms with van der Waals surface area (Å²) in [5, 5.41) is 5.91. The number of furan rings is 1. The maximum absolute atomic E-state index is 13.6.